The highest BCUT2D eigenvalue weighted by molar-refractivity contribution is 5.99. The molecule has 0 aliphatic carbocycles. The van der Waals surface area contributed by atoms with Crippen molar-refractivity contribution in [2.75, 3.05) is 6.61 Å². The third-order valence-electron chi connectivity index (χ3n) is 4.87. The molecule has 1 aliphatic heterocycles. The minimum atomic E-state index is -0.0756. The second-order valence-corrected chi connectivity index (χ2v) is 6.54. The number of benzene rings is 1. The number of oxime groups is 1. The molecule has 7 heteroatoms. The van der Waals surface area contributed by atoms with E-state index in [9.17, 15) is 10.0 Å². The zero-order valence-corrected chi connectivity index (χ0v) is 15.8. The van der Waals surface area contributed by atoms with Crippen LogP contribution < -0.4 is 17.0 Å². The number of carbonyl (C=O) groups is 1. The van der Waals surface area contributed by atoms with Crippen LogP contribution in [-0.2, 0) is 29.5 Å². The number of hydrogen-bond acceptors (Lipinski definition) is 4. The van der Waals surface area contributed by atoms with Crippen molar-refractivity contribution < 1.29 is 31.7 Å². The van der Waals surface area contributed by atoms with E-state index in [0.717, 1.165) is 24.1 Å². The first-order chi connectivity index (χ1) is 12.1. The molecule has 2 heterocycles. The number of rotatable bonds is 6. The van der Waals surface area contributed by atoms with Gasteiger partial charge in [-0.05, 0) is 6.42 Å². The maximum Gasteiger partial charge on any atom is 0.309 e. The number of aromatic nitrogens is 2. The van der Waals surface area contributed by atoms with Crippen molar-refractivity contribution in [3.8, 4) is 0 Å². The summed E-state index contributed by atoms with van der Waals surface area (Å²) in [5, 5.41) is 12.8. The van der Waals surface area contributed by atoms with E-state index in [4.69, 9.17) is 4.74 Å². The molecule has 3 rings (SSSR count). The SMILES string of the molecule is CCC1C(=O)OCC1Cc1c[n+](C/C(=N\O)c2ccccc2)cn1C.[Cl-]. The van der Waals surface area contributed by atoms with Crippen LogP contribution in [-0.4, -0.2) is 28.1 Å². The van der Waals surface area contributed by atoms with Crippen molar-refractivity contribution >= 4 is 11.7 Å². The fourth-order valence-electron chi connectivity index (χ4n) is 3.45. The maximum absolute atomic E-state index is 11.8. The van der Waals surface area contributed by atoms with Crippen molar-refractivity contribution in [3.05, 3.63) is 54.1 Å². The van der Waals surface area contributed by atoms with Gasteiger partial charge in [0.25, 0.3) is 0 Å². The van der Waals surface area contributed by atoms with Gasteiger partial charge in [-0.15, -0.1) is 0 Å². The summed E-state index contributed by atoms with van der Waals surface area (Å²) in [5.41, 5.74) is 2.63. The summed E-state index contributed by atoms with van der Waals surface area (Å²) in [6.45, 7) is 3.00. The third kappa shape index (κ3) is 4.25. The largest absolute Gasteiger partial charge is 1.00 e. The van der Waals surface area contributed by atoms with Crippen LogP contribution in [0.1, 0.15) is 24.6 Å². The highest BCUT2D eigenvalue weighted by atomic mass is 35.5. The van der Waals surface area contributed by atoms with Crippen LogP contribution in [0.4, 0.5) is 0 Å². The van der Waals surface area contributed by atoms with Crippen LogP contribution in [0.2, 0.25) is 0 Å². The Morgan fingerprint density at radius 1 is 1.38 bits per heavy atom. The fraction of sp³-hybridized carbons (Fsp3) is 0.421. The van der Waals surface area contributed by atoms with E-state index in [-0.39, 0.29) is 30.2 Å². The first kappa shape index (κ1) is 20.0. The molecular formula is C19H24ClN3O3. The molecular weight excluding hydrogens is 354 g/mol. The molecule has 6 nitrogen and oxygen atoms in total. The maximum atomic E-state index is 11.8. The van der Waals surface area contributed by atoms with E-state index in [0.29, 0.717) is 18.9 Å². The molecule has 1 N–H and O–H groups in total. The van der Waals surface area contributed by atoms with E-state index in [1.807, 2.05) is 61.4 Å². The van der Waals surface area contributed by atoms with Gasteiger partial charge in [0.2, 0.25) is 6.33 Å². The van der Waals surface area contributed by atoms with E-state index in [2.05, 4.69) is 9.72 Å². The number of imidazole rings is 1. The van der Waals surface area contributed by atoms with Crippen molar-refractivity contribution in [2.45, 2.75) is 26.3 Å². The third-order valence-corrected chi connectivity index (χ3v) is 4.87. The highest BCUT2D eigenvalue weighted by Crippen LogP contribution is 2.27. The molecule has 1 aliphatic rings. The van der Waals surface area contributed by atoms with Crippen LogP contribution in [0, 0.1) is 11.8 Å². The molecule has 1 saturated heterocycles. The van der Waals surface area contributed by atoms with E-state index < -0.39 is 0 Å². The molecule has 1 aromatic heterocycles. The molecule has 140 valence electrons. The molecule has 0 saturated carbocycles. The topological polar surface area (TPSA) is 67.7 Å². The molecule has 0 bridgehead atoms. The first-order valence-corrected chi connectivity index (χ1v) is 8.59. The summed E-state index contributed by atoms with van der Waals surface area (Å²) in [6.07, 6.45) is 5.62. The monoisotopic (exact) mass is 377 g/mol. The van der Waals surface area contributed by atoms with Gasteiger partial charge in [0.05, 0.1) is 19.6 Å². The summed E-state index contributed by atoms with van der Waals surface area (Å²) in [5.74, 6) is 0.134. The van der Waals surface area contributed by atoms with E-state index >= 15 is 0 Å². The van der Waals surface area contributed by atoms with Crippen molar-refractivity contribution in [3.63, 3.8) is 0 Å². The number of hydrogen-bond donors (Lipinski definition) is 1. The molecule has 26 heavy (non-hydrogen) atoms. The summed E-state index contributed by atoms with van der Waals surface area (Å²) >= 11 is 0. The first-order valence-electron chi connectivity index (χ1n) is 8.59. The van der Waals surface area contributed by atoms with Crippen LogP contribution in [0.3, 0.4) is 0 Å². The lowest BCUT2D eigenvalue weighted by Crippen LogP contribution is -3.00. The van der Waals surface area contributed by atoms with Gasteiger partial charge in [-0.1, -0.05) is 42.4 Å². The van der Waals surface area contributed by atoms with Crippen molar-refractivity contribution in [2.24, 2.45) is 24.0 Å². The number of nitrogens with zero attached hydrogens (tertiary/aromatic N) is 3. The number of aryl methyl sites for hydroxylation is 1. The van der Waals surface area contributed by atoms with Gasteiger partial charge in [0.15, 0.2) is 0 Å². The van der Waals surface area contributed by atoms with Gasteiger partial charge in [0, 0.05) is 17.9 Å². The van der Waals surface area contributed by atoms with Crippen molar-refractivity contribution in [1.82, 2.24) is 4.57 Å². The van der Waals surface area contributed by atoms with Gasteiger partial charge in [0.1, 0.15) is 24.1 Å². The van der Waals surface area contributed by atoms with Crippen LogP contribution in [0.15, 0.2) is 48.0 Å². The summed E-state index contributed by atoms with van der Waals surface area (Å²) < 4.78 is 9.27. The zero-order chi connectivity index (χ0) is 17.8. The van der Waals surface area contributed by atoms with E-state index in [1.54, 1.807) is 0 Å². The quantitative estimate of drug-likeness (QED) is 0.229. The smallest absolute Gasteiger partial charge is 0.309 e. The standard InChI is InChI=1S/C19H23N3O3.ClH/c1-3-17-15(12-25-19(17)23)9-16-10-22(13-21(16)2)11-18(20-24)14-7-5-4-6-8-14;/h4-8,10,13,15,17H,3,9,11-12H2,1-2H3;1H/b20-18+;. The van der Waals surface area contributed by atoms with E-state index in [1.165, 1.54) is 0 Å². The predicted octanol–water partition coefficient (Wildman–Crippen LogP) is -1.06. The Balaban J connectivity index is 0.00000243. The Hall–Kier alpha value is -2.34. The van der Waals surface area contributed by atoms with Gasteiger partial charge in [-0.3, -0.25) is 4.79 Å². The molecule has 0 radical (unpaired) electrons. The normalized spacial score (nSPS) is 19.9. The average Bonchev–Trinajstić information content (AvgIpc) is 3.16. The van der Waals surface area contributed by atoms with Crippen molar-refractivity contribution in [1.29, 1.82) is 0 Å². The summed E-state index contributed by atoms with van der Waals surface area (Å²) in [4.78, 5) is 11.8. The zero-order valence-electron chi connectivity index (χ0n) is 15.0. The lowest BCUT2D eigenvalue weighted by atomic mass is 9.89. The number of esters is 1. The molecule has 2 unspecified atom stereocenters. The van der Waals surface area contributed by atoms with Gasteiger partial charge in [-0.2, -0.15) is 0 Å². The summed E-state index contributed by atoms with van der Waals surface area (Å²) in [6, 6.07) is 9.62. The summed E-state index contributed by atoms with van der Waals surface area (Å²) in [7, 11) is 1.99. The highest BCUT2D eigenvalue weighted by Gasteiger charge is 2.36. The lowest BCUT2D eigenvalue weighted by Gasteiger charge is -2.10. The minimum absolute atomic E-state index is 0. The van der Waals surface area contributed by atoms with Crippen LogP contribution >= 0.6 is 0 Å². The Kier molecular flexibility index (Phi) is 6.80. The molecule has 0 amide bonds. The molecule has 2 atom stereocenters. The predicted molar refractivity (Wildman–Crippen MR) is 92.3 cm³/mol. The number of carbonyl (C=O) groups excluding carboxylic acids is 1. The lowest BCUT2D eigenvalue weighted by molar-refractivity contribution is -0.681. The number of halogens is 1. The Bertz CT molecular complexity index is 774. The molecule has 1 aromatic carbocycles. The van der Waals surface area contributed by atoms with Gasteiger partial charge >= 0.3 is 5.97 Å². The Morgan fingerprint density at radius 3 is 2.77 bits per heavy atom. The molecule has 2 aromatic rings. The fourth-order valence-corrected chi connectivity index (χ4v) is 3.45. The van der Waals surface area contributed by atoms with Gasteiger partial charge < -0.3 is 22.4 Å². The molecule has 0 spiro atoms. The van der Waals surface area contributed by atoms with Crippen LogP contribution in [0.5, 0.6) is 0 Å². The number of ether oxygens (including phenoxy) is 1. The Labute approximate surface area is 159 Å². The minimum Gasteiger partial charge on any atom is -1.00 e. The number of cyclic esters (lactones) is 1. The van der Waals surface area contributed by atoms with Gasteiger partial charge in [-0.25, -0.2) is 9.13 Å². The Morgan fingerprint density at radius 2 is 2.12 bits per heavy atom. The second kappa shape index (κ2) is 8.85. The van der Waals surface area contributed by atoms with Crippen LogP contribution in [0.25, 0.3) is 0 Å². The second-order valence-electron chi connectivity index (χ2n) is 6.54. The molecule has 1 fully saturated rings. The average molecular weight is 378 g/mol.